The molecule has 28 aromatic carbocycles. The van der Waals surface area contributed by atoms with Gasteiger partial charge in [0.1, 0.15) is 36.5 Å². The number of ether oxygens (including phenoxy) is 2. The number of likely N-dealkylation sites (tertiary alicyclic amines) is 1. The minimum atomic E-state index is -1.70. The van der Waals surface area contributed by atoms with Crippen LogP contribution in [0.2, 0.25) is 0 Å². The first-order valence-corrected chi connectivity index (χ1v) is 29.7. The zero-order valence-electron chi connectivity index (χ0n) is 41.9. The molecule has 2 saturated heterocycles. The Labute approximate surface area is 450 Å². The number of carboxylic acid groups (broad SMARTS) is 2. The topological polar surface area (TPSA) is 177 Å². The fourth-order valence-corrected chi connectivity index (χ4v) is 27.4. The van der Waals surface area contributed by atoms with Gasteiger partial charge in [0.05, 0.1) is 24.0 Å². The highest BCUT2D eigenvalue weighted by molar-refractivity contribution is 6.82. The first kappa shape index (κ1) is 35.2. The summed E-state index contributed by atoms with van der Waals surface area (Å²) in [7, 11) is 0. The first-order valence-electron chi connectivity index (χ1n) is 29.7. The van der Waals surface area contributed by atoms with E-state index in [1.54, 1.807) is 4.90 Å². The van der Waals surface area contributed by atoms with Crippen molar-refractivity contribution in [1.29, 1.82) is 0 Å². The average molecular weight is 1060 g/mol. The monoisotopic (exact) mass is 1060 g/mol. The minimum Gasteiger partial charge on any atom is -0.480 e. The average Bonchev–Trinajstić information content (AvgIpc) is 1.38. The van der Waals surface area contributed by atoms with Gasteiger partial charge in [0.15, 0.2) is 6.29 Å². The number of hydrogen-bond acceptors (Lipinski definition) is 9. The number of aliphatic carboxylic acids is 2. The largest absolute Gasteiger partial charge is 0.480 e. The first-order chi connectivity index (χ1) is 40.8. The highest BCUT2D eigenvalue weighted by atomic mass is 16.7. The summed E-state index contributed by atoms with van der Waals surface area (Å²) in [5.41, 5.74) is 1.20. The Morgan fingerprint density at radius 2 is 0.542 bits per heavy atom. The van der Waals surface area contributed by atoms with Crippen LogP contribution in [0.25, 0.3) is 291 Å². The Balaban J connectivity index is 0.948. The summed E-state index contributed by atoms with van der Waals surface area (Å²) in [5.74, 6) is -2.17. The van der Waals surface area contributed by atoms with Crippen molar-refractivity contribution in [1.82, 2.24) is 4.90 Å². The molecule has 0 amide bonds. The van der Waals surface area contributed by atoms with Gasteiger partial charge in [-0.25, -0.2) is 0 Å². The summed E-state index contributed by atoms with van der Waals surface area (Å²) >= 11 is 0. The molecule has 0 radical (unpaired) electrons. The fraction of sp³-hybridized carbons (Fsp3) is 0.167. The van der Waals surface area contributed by atoms with E-state index in [1.165, 1.54) is 248 Å². The van der Waals surface area contributed by atoms with Gasteiger partial charge in [-0.05, 0) is 313 Å². The van der Waals surface area contributed by atoms with E-state index in [2.05, 4.69) is 0 Å². The fourth-order valence-electron chi connectivity index (χ4n) is 27.4. The molecule has 4 aliphatic carbocycles. The maximum absolute atomic E-state index is 16.0. The molecule has 2 unspecified atom stereocenters. The van der Waals surface area contributed by atoms with Gasteiger partial charge >= 0.3 is 11.9 Å². The van der Waals surface area contributed by atoms with E-state index < -0.39 is 72.2 Å². The molecule has 11 heteroatoms. The Bertz CT molecular complexity index is 7140. The van der Waals surface area contributed by atoms with Crippen LogP contribution in [0.1, 0.15) is 22.3 Å². The lowest BCUT2D eigenvalue weighted by Gasteiger charge is -2.52. The van der Waals surface area contributed by atoms with Gasteiger partial charge in [0.25, 0.3) is 0 Å². The normalized spacial score (nSPS) is 28.5. The molecule has 2 fully saturated rings. The Morgan fingerprint density at radius 1 is 0.337 bits per heavy atom. The Kier molecular flexibility index (Phi) is 3.58. The second kappa shape index (κ2) is 8.45. The maximum atomic E-state index is 16.0. The SMILES string of the molecule is O=C(O)C1N(CCO[C@@H]2O[C@H](CO)[C@@H](O)[C@H](O)[C@H]2O)C(C(=O)O)C23c4c5c6c7c8c9c(c%10c%11c2c2c4c4c%12c5c5c6c6c8c8c%13c9c9c%10c%10c%11c%11c2c2c4c4c%12c%12c5c5c6c8c6c8c%13c9c9c%10c%10c%11c2c2c4c4c%12c5c6c5c8c9c%10c2c45)C713. The van der Waals surface area contributed by atoms with Crippen LogP contribution in [0.4, 0.5) is 0 Å². The van der Waals surface area contributed by atoms with E-state index in [1.807, 2.05) is 0 Å². The lowest BCUT2D eigenvalue weighted by molar-refractivity contribution is -0.301. The Morgan fingerprint density at radius 3 is 0.735 bits per heavy atom. The van der Waals surface area contributed by atoms with Crippen molar-refractivity contribution in [3.05, 3.63) is 22.3 Å². The van der Waals surface area contributed by atoms with Crippen LogP contribution in [0.5, 0.6) is 0 Å². The van der Waals surface area contributed by atoms with Crippen molar-refractivity contribution in [3.8, 4) is 0 Å². The van der Waals surface area contributed by atoms with Crippen molar-refractivity contribution < 1.29 is 49.7 Å². The molecular weight excluding hydrogens is 1040 g/mol. The number of rotatable bonds is 7. The summed E-state index contributed by atoms with van der Waals surface area (Å²) < 4.78 is 12.3. The van der Waals surface area contributed by atoms with Crippen LogP contribution >= 0.6 is 0 Å². The molecule has 28 aromatic rings. The summed E-state index contributed by atoms with van der Waals surface area (Å²) in [4.78, 5) is 33.7. The lowest BCUT2D eigenvalue weighted by atomic mass is 9.46. The van der Waals surface area contributed by atoms with Gasteiger partial charge in [-0.2, -0.15) is 0 Å². The van der Waals surface area contributed by atoms with Crippen LogP contribution in [0.3, 0.4) is 0 Å². The second-order valence-electron chi connectivity index (χ2n) is 28.7. The molecule has 2 spiro atoms. The summed E-state index contributed by atoms with van der Waals surface area (Å²) in [6.45, 7) is -1.09. The zero-order valence-corrected chi connectivity index (χ0v) is 41.9. The predicted octanol–water partition coefficient (Wildman–Crippen LogP) is 12.3. The summed E-state index contributed by atoms with van der Waals surface area (Å²) in [6, 6.07) is -2.84. The summed E-state index contributed by atoms with van der Waals surface area (Å²) in [6.07, 6.45) is -7.71. The number of hydrogen-bond donors (Lipinski definition) is 6. The van der Waals surface area contributed by atoms with Crippen molar-refractivity contribution >= 4 is 303 Å². The number of aliphatic hydroxyl groups is 4. The van der Waals surface area contributed by atoms with Gasteiger partial charge in [-0.1, -0.05) is 0 Å². The van der Waals surface area contributed by atoms with Crippen LogP contribution in [0.15, 0.2) is 0 Å². The molecule has 34 rings (SSSR count). The van der Waals surface area contributed by atoms with Crippen molar-refractivity contribution in [2.45, 2.75) is 53.6 Å². The van der Waals surface area contributed by atoms with Crippen molar-refractivity contribution in [2.75, 3.05) is 19.8 Å². The molecular formula is C72H19NO10. The molecule has 372 valence electrons. The minimum absolute atomic E-state index is 0.172. The lowest BCUT2D eigenvalue weighted by Crippen LogP contribution is -2.59. The van der Waals surface area contributed by atoms with Crippen molar-refractivity contribution in [3.63, 3.8) is 0 Å². The quantitative estimate of drug-likeness (QED) is 0.0837. The zero-order chi connectivity index (χ0) is 51.8. The number of carbonyl (C=O) groups is 2. The number of aliphatic hydroxyl groups excluding tert-OH is 4. The molecule has 2 aliphatic heterocycles. The van der Waals surface area contributed by atoms with Crippen LogP contribution in [-0.2, 0) is 29.9 Å². The molecule has 0 bridgehead atoms. The highest BCUT2D eigenvalue weighted by Crippen LogP contribution is 2.86. The van der Waals surface area contributed by atoms with Gasteiger partial charge in [-0.3, -0.25) is 14.5 Å². The third-order valence-corrected chi connectivity index (χ3v) is 27.9. The molecule has 7 atom stereocenters. The van der Waals surface area contributed by atoms with Crippen LogP contribution in [-0.4, -0.2) is 110 Å². The third-order valence-electron chi connectivity index (χ3n) is 27.9. The van der Waals surface area contributed by atoms with E-state index in [0.29, 0.717) is 0 Å². The van der Waals surface area contributed by atoms with E-state index in [9.17, 15) is 30.6 Å². The smallest absolute Gasteiger partial charge is 0.322 e. The predicted molar refractivity (Wildman–Crippen MR) is 323 cm³/mol. The Hall–Kier alpha value is -8.88. The van der Waals surface area contributed by atoms with Crippen molar-refractivity contribution in [2.24, 2.45) is 0 Å². The molecule has 6 N–H and O–H groups in total. The van der Waals surface area contributed by atoms with Gasteiger partial charge in [0, 0.05) is 6.54 Å². The van der Waals surface area contributed by atoms with Crippen LogP contribution in [0, 0.1) is 0 Å². The molecule has 0 saturated carbocycles. The number of carboxylic acids is 2. The molecule has 2 heterocycles. The van der Waals surface area contributed by atoms with E-state index in [4.69, 9.17) is 9.47 Å². The van der Waals surface area contributed by atoms with Gasteiger partial charge in [0.2, 0.25) is 0 Å². The third kappa shape index (κ3) is 2.10. The number of benzene rings is 18. The standard InChI is InChI=1S/C72H19NO10/c74-3-4-63(75)64(76)65(77)70(83-4)82-2-1-73-66(68(78)79)71-59-51-43-33-23-15-7-5-6-9-13-11(7)19-27-21(13)31-25-17(9)18-10(6)14-12-8(5)16(15)24-30-20(12)28-22(14)32-26(18)36-35(25)45-39(31)49-41(27)47(37(43)29(19)23)55(59)57(49)61-53(45)54-46(36)40(32)50-42(28)48-38(30)44(34(24)33)52(51)60(71)56(48)58(50)62(54)72(61,71)67(73)69(80)81/h4,63-67,70,74-77H,1-3H2,(H,78,79)(H,80,81)/t4-,63-,64+,65-,66?,67?,70-,71?,72?/m1/s1. The molecule has 11 nitrogen and oxygen atoms in total. The molecule has 83 heavy (non-hydrogen) atoms. The van der Waals surface area contributed by atoms with Crippen LogP contribution < -0.4 is 0 Å². The van der Waals surface area contributed by atoms with Gasteiger partial charge < -0.3 is 40.1 Å². The number of nitrogens with zero attached hydrogens (tertiary/aromatic N) is 1. The molecule has 0 aromatic heterocycles. The summed E-state index contributed by atoms with van der Waals surface area (Å²) in [5, 5.41) is 142. The second-order valence-corrected chi connectivity index (χ2v) is 28.7. The maximum Gasteiger partial charge on any atom is 0.322 e. The van der Waals surface area contributed by atoms with Gasteiger partial charge in [-0.15, -0.1) is 0 Å². The van der Waals surface area contributed by atoms with E-state index >= 15 is 9.59 Å². The molecule has 6 aliphatic rings. The van der Waals surface area contributed by atoms with E-state index in [0.717, 1.165) is 65.3 Å². The van der Waals surface area contributed by atoms with E-state index in [-0.39, 0.29) is 13.2 Å². The highest BCUT2D eigenvalue weighted by Gasteiger charge is 2.82.